The van der Waals surface area contributed by atoms with Crippen LogP contribution in [0.1, 0.15) is 56.1 Å². The largest absolute Gasteiger partial charge is 0.343 e. The first-order chi connectivity index (χ1) is 13.6. The number of nitrogens with one attached hydrogen (secondary N) is 2. The third-order valence-corrected chi connectivity index (χ3v) is 5.64. The molecule has 4 nitrogen and oxygen atoms in total. The van der Waals surface area contributed by atoms with Gasteiger partial charge in [-0.15, -0.1) is 0 Å². The average molecular weight is 380 g/mol. The van der Waals surface area contributed by atoms with Crippen LogP contribution >= 0.6 is 0 Å². The van der Waals surface area contributed by atoms with Crippen molar-refractivity contribution in [2.75, 3.05) is 19.8 Å². The Morgan fingerprint density at radius 1 is 1.11 bits per heavy atom. The maximum Gasteiger partial charge on any atom is 0.228 e. The molecule has 1 saturated heterocycles. The Kier molecular flexibility index (Phi) is 7.24. The normalized spacial score (nSPS) is 16.1. The van der Waals surface area contributed by atoms with Crippen molar-refractivity contribution in [2.24, 2.45) is 11.7 Å². The topological polar surface area (TPSA) is 67.2 Å². The quantitative estimate of drug-likeness (QED) is 0.638. The number of piperidine rings is 1. The summed E-state index contributed by atoms with van der Waals surface area (Å²) >= 11 is 0. The minimum absolute atomic E-state index is 0.00889. The van der Waals surface area contributed by atoms with E-state index in [1.165, 1.54) is 24.0 Å². The highest BCUT2D eigenvalue weighted by molar-refractivity contribution is 5.84. The van der Waals surface area contributed by atoms with Crippen molar-refractivity contribution in [2.45, 2.75) is 44.9 Å². The van der Waals surface area contributed by atoms with Crippen molar-refractivity contribution in [3.63, 3.8) is 0 Å². The standard InChI is InChI=1S/C24H33N3O/c1-17(2)14-23(24(28)27-16-25)22-5-3-4-21(15-22)19-8-6-18(7-9-19)20-10-12-26-13-11-20/h3-9,15,17,20,23,26H,10-14,16,25H2,1-2H3,(H,27,28). The third kappa shape index (κ3) is 5.21. The molecule has 1 atom stereocenters. The van der Waals surface area contributed by atoms with Crippen molar-refractivity contribution in [3.05, 3.63) is 59.7 Å². The highest BCUT2D eigenvalue weighted by Gasteiger charge is 2.22. The number of carbonyl (C=O) groups excluding carboxylic acids is 1. The van der Waals surface area contributed by atoms with E-state index in [0.29, 0.717) is 11.8 Å². The second kappa shape index (κ2) is 9.85. The second-order valence-corrected chi connectivity index (χ2v) is 8.20. The maximum absolute atomic E-state index is 12.6. The molecule has 0 spiro atoms. The first-order valence-corrected chi connectivity index (χ1v) is 10.5. The molecular formula is C24H33N3O. The lowest BCUT2D eigenvalue weighted by Gasteiger charge is -2.23. The lowest BCUT2D eigenvalue weighted by molar-refractivity contribution is -0.122. The van der Waals surface area contributed by atoms with Gasteiger partial charge in [0.05, 0.1) is 12.6 Å². The van der Waals surface area contributed by atoms with Crippen LogP contribution in [0.15, 0.2) is 48.5 Å². The highest BCUT2D eigenvalue weighted by Crippen LogP contribution is 2.31. The Morgan fingerprint density at radius 2 is 1.82 bits per heavy atom. The fourth-order valence-corrected chi connectivity index (χ4v) is 4.13. The summed E-state index contributed by atoms with van der Waals surface area (Å²) in [5, 5.41) is 6.22. The molecule has 3 rings (SSSR count). The summed E-state index contributed by atoms with van der Waals surface area (Å²) in [7, 11) is 0. The second-order valence-electron chi connectivity index (χ2n) is 8.20. The summed E-state index contributed by atoms with van der Waals surface area (Å²) in [4.78, 5) is 12.6. The van der Waals surface area contributed by atoms with Crippen LogP contribution in [0, 0.1) is 5.92 Å². The van der Waals surface area contributed by atoms with Crippen molar-refractivity contribution >= 4 is 5.91 Å². The first kappa shape index (κ1) is 20.6. The zero-order valence-corrected chi connectivity index (χ0v) is 17.1. The van der Waals surface area contributed by atoms with Gasteiger partial charge in [-0.05, 0) is 66.4 Å². The molecule has 0 bridgehead atoms. The summed E-state index contributed by atoms with van der Waals surface area (Å²) in [5.74, 6) is 0.936. The smallest absolute Gasteiger partial charge is 0.228 e. The van der Waals surface area contributed by atoms with Gasteiger partial charge in [0.25, 0.3) is 0 Å². The van der Waals surface area contributed by atoms with Crippen LogP contribution in [0.3, 0.4) is 0 Å². The lowest BCUT2D eigenvalue weighted by atomic mass is 9.87. The van der Waals surface area contributed by atoms with E-state index in [9.17, 15) is 4.79 Å². The highest BCUT2D eigenvalue weighted by atomic mass is 16.1. The number of nitrogens with two attached hydrogens (primary N) is 1. The van der Waals surface area contributed by atoms with Crippen molar-refractivity contribution in [1.82, 2.24) is 10.6 Å². The summed E-state index contributed by atoms with van der Waals surface area (Å²) in [5.41, 5.74) is 10.4. The predicted molar refractivity (Wildman–Crippen MR) is 116 cm³/mol. The molecule has 28 heavy (non-hydrogen) atoms. The number of amides is 1. The van der Waals surface area contributed by atoms with E-state index in [0.717, 1.165) is 30.6 Å². The zero-order valence-electron chi connectivity index (χ0n) is 17.1. The molecule has 1 aliphatic heterocycles. The van der Waals surface area contributed by atoms with Gasteiger partial charge in [0.2, 0.25) is 5.91 Å². The lowest BCUT2D eigenvalue weighted by Crippen LogP contribution is -2.34. The number of benzene rings is 2. The van der Waals surface area contributed by atoms with Gasteiger partial charge in [0.15, 0.2) is 0 Å². The van der Waals surface area contributed by atoms with Crippen LogP contribution in [0.25, 0.3) is 11.1 Å². The van der Waals surface area contributed by atoms with Gasteiger partial charge >= 0.3 is 0 Å². The average Bonchev–Trinajstić information content (AvgIpc) is 2.73. The van der Waals surface area contributed by atoms with Gasteiger partial charge in [0, 0.05) is 0 Å². The number of rotatable bonds is 7. The Bertz CT molecular complexity index is 764. The van der Waals surface area contributed by atoms with Crippen LogP contribution in [0.2, 0.25) is 0 Å². The maximum atomic E-state index is 12.6. The fraction of sp³-hybridized carbons (Fsp3) is 0.458. The van der Waals surface area contributed by atoms with E-state index < -0.39 is 0 Å². The van der Waals surface area contributed by atoms with Crippen LogP contribution in [0.4, 0.5) is 0 Å². The Morgan fingerprint density at radius 3 is 2.46 bits per heavy atom. The molecule has 1 unspecified atom stereocenters. The summed E-state index contributed by atoms with van der Waals surface area (Å²) in [6.07, 6.45) is 3.23. The molecule has 0 aromatic heterocycles. The molecule has 1 aliphatic rings. The van der Waals surface area contributed by atoms with Gasteiger partial charge in [-0.25, -0.2) is 0 Å². The van der Waals surface area contributed by atoms with Crippen LogP contribution in [0.5, 0.6) is 0 Å². The van der Waals surface area contributed by atoms with Crippen LogP contribution in [-0.2, 0) is 4.79 Å². The third-order valence-electron chi connectivity index (χ3n) is 5.64. The van der Waals surface area contributed by atoms with Crippen LogP contribution < -0.4 is 16.4 Å². The molecule has 4 N–H and O–H groups in total. The van der Waals surface area contributed by atoms with Gasteiger partial charge in [0.1, 0.15) is 0 Å². The Hall–Kier alpha value is -2.17. The minimum Gasteiger partial charge on any atom is -0.343 e. The first-order valence-electron chi connectivity index (χ1n) is 10.5. The molecule has 150 valence electrons. The molecule has 0 radical (unpaired) electrons. The summed E-state index contributed by atoms with van der Waals surface area (Å²) in [6.45, 7) is 6.68. The number of hydrogen-bond acceptors (Lipinski definition) is 3. The number of carbonyl (C=O) groups is 1. The van der Waals surface area contributed by atoms with E-state index in [1.54, 1.807) is 0 Å². The van der Waals surface area contributed by atoms with E-state index >= 15 is 0 Å². The molecule has 2 aromatic carbocycles. The molecule has 2 aromatic rings. The van der Waals surface area contributed by atoms with Crippen molar-refractivity contribution in [3.8, 4) is 11.1 Å². The molecular weight excluding hydrogens is 346 g/mol. The zero-order chi connectivity index (χ0) is 19.9. The van der Waals surface area contributed by atoms with Gasteiger partial charge < -0.3 is 16.4 Å². The minimum atomic E-state index is -0.169. The monoisotopic (exact) mass is 379 g/mol. The molecule has 0 aliphatic carbocycles. The fourth-order valence-electron chi connectivity index (χ4n) is 4.13. The van der Waals surface area contributed by atoms with Crippen LogP contribution in [-0.4, -0.2) is 25.7 Å². The van der Waals surface area contributed by atoms with E-state index in [-0.39, 0.29) is 18.5 Å². The molecule has 4 heteroatoms. The number of hydrogen-bond donors (Lipinski definition) is 3. The van der Waals surface area contributed by atoms with Gasteiger partial charge in [-0.3, -0.25) is 4.79 Å². The molecule has 1 amide bonds. The SMILES string of the molecule is CC(C)CC(C(=O)NCN)c1cccc(-c2ccc(C3CCNCC3)cc2)c1. The molecule has 0 saturated carbocycles. The van der Waals surface area contributed by atoms with Gasteiger partial charge in [-0.1, -0.05) is 62.4 Å². The molecule has 1 heterocycles. The van der Waals surface area contributed by atoms with E-state index in [2.05, 4.69) is 73.0 Å². The van der Waals surface area contributed by atoms with Crippen molar-refractivity contribution in [1.29, 1.82) is 0 Å². The summed E-state index contributed by atoms with van der Waals surface area (Å²) in [6, 6.07) is 17.3. The summed E-state index contributed by atoms with van der Waals surface area (Å²) < 4.78 is 0. The van der Waals surface area contributed by atoms with Gasteiger partial charge in [-0.2, -0.15) is 0 Å². The van der Waals surface area contributed by atoms with E-state index in [4.69, 9.17) is 5.73 Å². The Labute approximate surface area is 168 Å². The molecule has 1 fully saturated rings. The van der Waals surface area contributed by atoms with Crippen molar-refractivity contribution < 1.29 is 4.79 Å². The Balaban J connectivity index is 1.82. The van der Waals surface area contributed by atoms with E-state index in [1.807, 2.05) is 0 Å². The predicted octanol–water partition coefficient (Wildman–Crippen LogP) is 3.98.